The van der Waals surface area contributed by atoms with Gasteiger partial charge in [-0.05, 0) is 55.3 Å². The third-order valence-electron chi connectivity index (χ3n) is 5.90. The van der Waals surface area contributed by atoms with Crippen LogP contribution in [0.4, 0.5) is 5.95 Å². The van der Waals surface area contributed by atoms with Crippen LogP contribution in [0.3, 0.4) is 0 Å². The maximum absolute atomic E-state index is 5.91. The molecule has 2 N–H and O–H groups in total. The summed E-state index contributed by atoms with van der Waals surface area (Å²) >= 11 is 0. The molecule has 5 rings (SSSR count). The van der Waals surface area contributed by atoms with Crippen LogP contribution in [0.25, 0.3) is 0 Å². The number of nitrogens with two attached hydrogens (primary N) is 1. The van der Waals surface area contributed by atoms with Crippen LogP contribution in [0.2, 0.25) is 0 Å². The molecule has 0 aromatic carbocycles. The van der Waals surface area contributed by atoms with Gasteiger partial charge in [0, 0.05) is 12.5 Å². The lowest BCUT2D eigenvalue weighted by molar-refractivity contribution is -0.112. The Morgan fingerprint density at radius 1 is 1.11 bits per heavy atom. The van der Waals surface area contributed by atoms with Crippen molar-refractivity contribution in [2.45, 2.75) is 57.8 Å². The molecule has 4 aliphatic carbocycles. The van der Waals surface area contributed by atoms with Crippen LogP contribution in [0.15, 0.2) is 0 Å². The number of nitrogens with zero attached hydrogens (tertiary/aromatic N) is 3. The second-order valence-electron chi connectivity index (χ2n) is 8.33. The highest BCUT2D eigenvalue weighted by Crippen LogP contribution is 2.69. The van der Waals surface area contributed by atoms with Gasteiger partial charge in [0.05, 0.1) is 0 Å². The Balaban J connectivity index is 1.82. The van der Waals surface area contributed by atoms with Crippen molar-refractivity contribution in [3.05, 3.63) is 5.82 Å². The minimum atomic E-state index is 0.207. The molecular formula is C15H24N4. The molecule has 4 bridgehead atoms. The standard InChI is InChI=1S/C15H24N4/c1-13-4-10-5-14(2,7-13)9-15(6-10,8-13)11-17-12(16)19(3)18-11/h10H,4-9H2,1-3H3,(H2,16,17,18). The quantitative estimate of drug-likeness (QED) is 0.844. The first-order valence-electron chi connectivity index (χ1n) is 7.49. The topological polar surface area (TPSA) is 56.7 Å². The molecule has 0 radical (unpaired) electrons. The van der Waals surface area contributed by atoms with Gasteiger partial charge in [0.15, 0.2) is 5.82 Å². The molecule has 104 valence electrons. The van der Waals surface area contributed by atoms with Gasteiger partial charge in [-0.25, -0.2) is 4.68 Å². The van der Waals surface area contributed by atoms with Crippen LogP contribution in [0, 0.1) is 16.7 Å². The number of anilines is 1. The minimum absolute atomic E-state index is 0.207. The predicted octanol–water partition coefficient (Wildman–Crippen LogP) is 2.65. The van der Waals surface area contributed by atoms with E-state index in [2.05, 4.69) is 23.9 Å². The molecule has 4 aliphatic rings. The van der Waals surface area contributed by atoms with Crippen molar-refractivity contribution in [3.63, 3.8) is 0 Å². The number of rotatable bonds is 1. The molecule has 4 heteroatoms. The maximum Gasteiger partial charge on any atom is 0.218 e. The fraction of sp³-hybridized carbons (Fsp3) is 0.867. The SMILES string of the molecule is Cn1nc(C23CC4CC(C)(CC(C)(C4)C2)C3)nc1N. The Kier molecular flexibility index (Phi) is 1.95. The van der Waals surface area contributed by atoms with Gasteiger partial charge in [-0.2, -0.15) is 10.1 Å². The minimum Gasteiger partial charge on any atom is -0.368 e. The first-order valence-corrected chi connectivity index (χ1v) is 7.49. The van der Waals surface area contributed by atoms with Crippen molar-refractivity contribution < 1.29 is 0 Å². The van der Waals surface area contributed by atoms with E-state index in [0.717, 1.165) is 11.7 Å². The number of aromatic nitrogens is 3. The summed E-state index contributed by atoms with van der Waals surface area (Å²) < 4.78 is 1.73. The highest BCUT2D eigenvalue weighted by molar-refractivity contribution is 5.26. The molecule has 0 aliphatic heterocycles. The zero-order valence-corrected chi connectivity index (χ0v) is 12.2. The molecule has 19 heavy (non-hydrogen) atoms. The average molecular weight is 260 g/mol. The van der Waals surface area contributed by atoms with Gasteiger partial charge in [-0.1, -0.05) is 13.8 Å². The summed E-state index contributed by atoms with van der Waals surface area (Å²) in [5, 5.41) is 4.64. The Morgan fingerprint density at radius 3 is 2.21 bits per heavy atom. The molecule has 4 nitrogen and oxygen atoms in total. The van der Waals surface area contributed by atoms with Gasteiger partial charge >= 0.3 is 0 Å². The molecule has 2 atom stereocenters. The van der Waals surface area contributed by atoms with Crippen molar-refractivity contribution in [2.75, 3.05) is 5.73 Å². The highest BCUT2D eigenvalue weighted by atomic mass is 15.4. The monoisotopic (exact) mass is 260 g/mol. The third-order valence-corrected chi connectivity index (χ3v) is 5.90. The van der Waals surface area contributed by atoms with Crippen LogP contribution in [0.1, 0.15) is 58.2 Å². The van der Waals surface area contributed by atoms with Crippen molar-refractivity contribution in [1.82, 2.24) is 14.8 Å². The van der Waals surface area contributed by atoms with E-state index in [4.69, 9.17) is 5.73 Å². The summed E-state index contributed by atoms with van der Waals surface area (Å²) in [5.41, 5.74) is 7.13. The van der Waals surface area contributed by atoms with Crippen LogP contribution < -0.4 is 5.73 Å². The molecule has 4 saturated carbocycles. The van der Waals surface area contributed by atoms with Gasteiger partial charge in [0.25, 0.3) is 0 Å². The van der Waals surface area contributed by atoms with Gasteiger partial charge < -0.3 is 5.73 Å². The third kappa shape index (κ3) is 1.52. The molecule has 2 unspecified atom stereocenters. The van der Waals surface area contributed by atoms with Crippen molar-refractivity contribution in [2.24, 2.45) is 23.8 Å². The largest absolute Gasteiger partial charge is 0.368 e. The first-order chi connectivity index (χ1) is 8.82. The molecule has 4 fully saturated rings. The molecule has 0 amide bonds. The lowest BCUT2D eigenvalue weighted by atomic mass is 9.40. The van der Waals surface area contributed by atoms with Gasteiger partial charge in [-0.3, -0.25) is 0 Å². The Morgan fingerprint density at radius 2 is 1.74 bits per heavy atom. The van der Waals surface area contributed by atoms with E-state index in [-0.39, 0.29) is 5.41 Å². The fourth-order valence-corrected chi connectivity index (χ4v) is 6.32. The van der Waals surface area contributed by atoms with Gasteiger partial charge in [0.1, 0.15) is 0 Å². The first kappa shape index (κ1) is 11.7. The molecule has 0 spiro atoms. The Bertz CT molecular complexity index is 509. The molecule has 0 saturated heterocycles. The second kappa shape index (κ2) is 3.15. The molecule has 1 heterocycles. The lowest BCUT2D eigenvalue weighted by Gasteiger charge is -2.64. The van der Waals surface area contributed by atoms with E-state index in [1.54, 1.807) is 4.68 Å². The number of aryl methyl sites for hydroxylation is 1. The summed E-state index contributed by atoms with van der Waals surface area (Å²) in [5.74, 6) is 2.45. The molecular weight excluding hydrogens is 236 g/mol. The Hall–Kier alpha value is -1.06. The van der Waals surface area contributed by atoms with E-state index < -0.39 is 0 Å². The second-order valence-corrected chi connectivity index (χ2v) is 8.33. The predicted molar refractivity (Wildman–Crippen MR) is 74.5 cm³/mol. The number of nitrogen functional groups attached to an aromatic ring is 1. The summed E-state index contributed by atoms with van der Waals surface area (Å²) in [6, 6.07) is 0. The van der Waals surface area contributed by atoms with Crippen molar-refractivity contribution in [1.29, 1.82) is 0 Å². The van der Waals surface area contributed by atoms with Crippen LogP contribution in [0.5, 0.6) is 0 Å². The van der Waals surface area contributed by atoms with Crippen molar-refractivity contribution in [3.8, 4) is 0 Å². The zero-order valence-electron chi connectivity index (χ0n) is 12.2. The van der Waals surface area contributed by atoms with E-state index in [1.807, 2.05) is 7.05 Å². The molecule has 1 aromatic heterocycles. The van der Waals surface area contributed by atoms with E-state index in [1.165, 1.54) is 38.5 Å². The van der Waals surface area contributed by atoms with E-state index in [9.17, 15) is 0 Å². The molecule has 1 aromatic rings. The van der Waals surface area contributed by atoms with Crippen molar-refractivity contribution >= 4 is 5.95 Å². The number of hydrogen-bond acceptors (Lipinski definition) is 3. The number of hydrogen-bond donors (Lipinski definition) is 1. The van der Waals surface area contributed by atoms with E-state index >= 15 is 0 Å². The summed E-state index contributed by atoms with van der Waals surface area (Å²) in [7, 11) is 1.90. The normalized spacial score (nSPS) is 47.8. The Labute approximate surface area is 114 Å². The zero-order chi connectivity index (χ0) is 13.5. The average Bonchev–Trinajstić information content (AvgIpc) is 2.54. The summed E-state index contributed by atoms with van der Waals surface area (Å²) in [6.45, 7) is 4.97. The summed E-state index contributed by atoms with van der Waals surface area (Å²) in [4.78, 5) is 4.59. The van der Waals surface area contributed by atoms with Crippen LogP contribution in [-0.4, -0.2) is 14.8 Å². The maximum atomic E-state index is 5.91. The smallest absolute Gasteiger partial charge is 0.218 e. The van der Waals surface area contributed by atoms with Gasteiger partial charge in [0.2, 0.25) is 5.95 Å². The summed E-state index contributed by atoms with van der Waals surface area (Å²) in [6.07, 6.45) is 8.01. The van der Waals surface area contributed by atoms with Crippen LogP contribution >= 0.6 is 0 Å². The van der Waals surface area contributed by atoms with Gasteiger partial charge in [-0.15, -0.1) is 0 Å². The fourth-order valence-electron chi connectivity index (χ4n) is 6.32. The van der Waals surface area contributed by atoms with E-state index in [0.29, 0.717) is 16.8 Å². The lowest BCUT2D eigenvalue weighted by Crippen LogP contribution is -2.57. The van der Waals surface area contributed by atoms with Crippen LogP contribution in [-0.2, 0) is 12.5 Å². The highest BCUT2D eigenvalue weighted by Gasteiger charge is 2.61.